The van der Waals surface area contributed by atoms with Gasteiger partial charge in [0.05, 0.1) is 24.5 Å². The van der Waals surface area contributed by atoms with Gasteiger partial charge in [0.25, 0.3) is 11.8 Å². The lowest BCUT2D eigenvalue weighted by atomic mass is 10.0. The standard InChI is InChI=1S/C43H59N7O4S/c1-4-7-8-9-10-11-12-13-14-15-16-17-19-23-34-24-22-27-38(32-34)54-39(5-2)41(51)44-35-28-30-37(31-29-35)50-42(52)40(33-48(50)53-6-3)55-43-45-46-47-49(43)36-25-20-18-21-26-36/h18,20-22,24-32,39-40H,4-17,19,23,33H2,1-3H3,(H,44,51). The fourth-order valence-electron chi connectivity index (χ4n) is 6.78. The first kappa shape index (κ1) is 41.9. The van der Waals surface area contributed by atoms with Gasteiger partial charge >= 0.3 is 0 Å². The quantitative estimate of drug-likeness (QED) is 0.0658. The molecule has 0 bridgehead atoms. The van der Waals surface area contributed by atoms with E-state index in [1.165, 1.54) is 99.4 Å². The number of aromatic nitrogens is 4. The zero-order valence-corrected chi connectivity index (χ0v) is 33.7. The maximum absolute atomic E-state index is 13.7. The van der Waals surface area contributed by atoms with Crippen LogP contribution in [0.25, 0.3) is 5.69 Å². The third-order valence-electron chi connectivity index (χ3n) is 9.79. The number of carbonyl (C=O) groups is 2. The summed E-state index contributed by atoms with van der Waals surface area (Å²) >= 11 is 1.29. The zero-order valence-electron chi connectivity index (χ0n) is 32.9. The van der Waals surface area contributed by atoms with Gasteiger partial charge in [-0.3, -0.25) is 14.4 Å². The third kappa shape index (κ3) is 12.9. The minimum absolute atomic E-state index is 0.159. The largest absolute Gasteiger partial charge is 0.481 e. The summed E-state index contributed by atoms with van der Waals surface area (Å²) in [6.07, 6.45) is 18.3. The first-order valence-electron chi connectivity index (χ1n) is 20.4. The van der Waals surface area contributed by atoms with Crippen molar-refractivity contribution in [2.24, 2.45) is 0 Å². The molecule has 12 heteroatoms. The van der Waals surface area contributed by atoms with Crippen LogP contribution in [0.15, 0.2) is 84.0 Å². The molecule has 5 rings (SSSR count). The second-order valence-corrected chi connectivity index (χ2v) is 15.3. The molecule has 1 aromatic heterocycles. The number of anilines is 2. The van der Waals surface area contributed by atoms with Gasteiger partial charge < -0.3 is 10.1 Å². The van der Waals surface area contributed by atoms with Gasteiger partial charge in [-0.1, -0.05) is 138 Å². The summed E-state index contributed by atoms with van der Waals surface area (Å²) in [5.74, 6) is 0.324. The number of unbranched alkanes of at least 4 members (excludes halogenated alkanes) is 12. The van der Waals surface area contributed by atoms with Crippen molar-refractivity contribution in [3.63, 3.8) is 0 Å². The average molecular weight is 770 g/mol. The second kappa shape index (κ2) is 23.0. The number of carbonyl (C=O) groups excluding carboxylic acids is 2. The molecular weight excluding hydrogens is 711 g/mol. The van der Waals surface area contributed by atoms with Gasteiger partial charge in [0, 0.05) is 5.69 Å². The molecule has 0 aliphatic carbocycles. The van der Waals surface area contributed by atoms with E-state index < -0.39 is 11.4 Å². The number of thioether (sulfide) groups is 1. The lowest BCUT2D eigenvalue weighted by Gasteiger charge is -2.26. The number of ether oxygens (including phenoxy) is 1. The van der Waals surface area contributed by atoms with Gasteiger partial charge in [-0.05, 0) is 90.7 Å². The lowest BCUT2D eigenvalue weighted by Crippen LogP contribution is -2.39. The number of rotatable bonds is 25. The number of nitrogens with one attached hydrogen (secondary N) is 1. The highest BCUT2D eigenvalue weighted by Crippen LogP contribution is 2.33. The molecule has 0 saturated carbocycles. The molecule has 2 amide bonds. The van der Waals surface area contributed by atoms with Crippen LogP contribution < -0.4 is 15.1 Å². The van der Waals surface area contributed by atoms with Crippen LogP contribution in [0.5, 0.6) is 5.75 Å². The third-order valence-corrected chi connectivity index (χ3v) is 10.9. The number of hydroxylamine groups is 1. The SMILES string of the molecule is CCCCCCCCCCCCCCCc1cccc(OC(CC)C(=O)Nc2ccc(N3C(=O)C(Sc4nnnn4-c4ccccc4)CN3OCC)cc2)c1. The van der Waals surface area contributed by atoms with Crippen LogP contribution in [0, 0.1) is 0 Å². The van der Waals surface area contributed by atoms with Crippen LogP contribution in [0.4, 0.5) is 11.4 Å². The second-order valence-electron chi connectivity index (χ2n) is 14.1. The van der Waals surface area contributed by atoms with Crippen LogP contribution in [0.1, 0.15) is 116 Å². The van der Waals surface area contributed by atoms with Gasteiger partial charge in [-0.15, -0.1) is 5.10 Å². The normalized spacial score (nSPS) is 15.1. The van der Waals surface area contributed by atoms with Crippen LogP contribution in [0.2, 0.25) is 0 Å². The highest BCUT2D eigenvalue weighted by molar-refractivity contribution is 8.00. The molecular formula is C43H59N7O4S. The van der Waals surface area contributed by atoms with E-state index in [9.17, 15) is 9.59 Å². The number of para-hydroxylation sites is 1. The summed E-state index contributed by atoms with van der Waals surface area (Å²) in [6.45, 7) is 6.79. The number of nitrogens with zero attached hydrogens (tertiary/aromatic N) is 6. The van der Waals surface area contributed by atoms with E-state index in [1.807, 2.05) is 56.3 Å². The Hall–Kier alpha value is -4.26. The number of aryl methyl sites for hydroxylation is 1. The average Bonchev–Trinajstić information content (AvgIpc) is 3.80. The van der Waals surface area contributed by atoms with E-state index in [2.05, 4.69) is 39.9 Å². The molecule has 0 radical (unpaired) electrons. The molecule has 4 aromatic rings. The number of hydrogen-bond acceptors (Lipinski definition) is 9. The number of amides is 2. The van der Waals surface area contributed by atoms with Crippen molar-refractivity contribution in [3.8, 4) is 11.4 Å². The van der Waals surface area contributed by atoms with Gasteiger partial charge in [-0.2, -0.15) is 4.68 Å². The Bertz CT molecular complexity index is 1720. The molecule has 11 nitrogen and oxygen atoms in total. The predicted octanol–water partition coefficient (Wildman–Crippen LogP) is 9.77. The molecule has 3 aromatic carbocycles. The van der Waals surface area contributed by atoms with E-state index in [1.54, 1.807) is 34.1 Å². The molecule has 1 N–H and O–H groups in total. The van der Waals surface area contributed by atoms with Crippen molar-refractivity contribution in [1.29, 1.82) is 0 Å². The van der Waals surface area contributed by atoms with E-state index >= 15 is 0 Å². The van der Waals surface area contributed by atoms with E-state index in [-0.39, 0.29) is 11.8 Å². The summed E-state index contributed by atoms with van der Waals surface area (Å²) in [7, 11) is 0. The minimum Gasteiger partial charge on any atom is -0.481 e. The summed E-state index contributed by atoms with van der Waals surface area (Å²) < 4.78 is 7.82. The molecule has 2 atom stereocenters. The monoisotopic (exact) mass is 769 g/mol. The number of tetrazole rings is 1. The van der Waals surface area contributed by atoms with E-state index in [4.69, 9.17) is 9.57 Å². The summed E-state index contributed by atoms with van der Waals surface area (Å²) in [4.78, 5) is 32.9. The van der Waals surface area contributed by atoms with Crippen molar-refractivity contribution in [2.45, 2.75) is 134 Å². The van der Waals surface area contributed by atoms with Crippen molar-refractivity contribution in [3.05, 3.63) is 84.4 Å². The summed E-state index contributed by atoms with van der Waals surface area (Å²) in [5, 5.41) is 18.2. The fourth-order valence-corrected chi connectivity index (χ4v) is 7.76. The highest BCUT2D eigenvalue weighted by Gasteiger charge is 2.41. The number of hydrogen-bond donors (Lipinski definition) is 1. The summed E-state index contributed by atoms with van der Waals surface area (Å²) in [6, 6.07) is 24.8. The summed E-state index contributed by atoms with van der Waals surface area (Å²) in [5.41, 5.74) is 3.26. The topological polar surface area (TPSA) is 115 Å². The van der Waals surface area contributed by atoms with Gasteiger partial charge in [0.1, 0.15) is 11.0 Å². The maximum atomic E-state index is 13.7. The molecule has 55 heavy (non-hydrogen) atoms. The first-order valence-corrected chi connectivity index (χ1v) is 21.3. The molecule has 2 unspecified atom stereocenters. The maximum Gasteiger partial charge on any atom is 0.265 e. The van der Waals surface area contributed by atoms with E-state index in [0.717, 1.165) is 18.5 Å². The van der Waals surface area contributed by atoms with E-state index in [0.29, 0.717) is 41.9 Å². The van der Waals surface area contributed by atoms with Gasteiger partial charge in [-0.25, -0.2) is 5.01 Å². The smallest absolute Gasteiger partial charge is 0.265 e. The Kier molecular flexibility index (Phi) is 17.5. The minimum atomic E-state index is -0.648. The number of benzene rings is 3. The fraction of sp³-hybridized carbons (Fsp3) is 0.512. The molecule has 1 saturated heterocycles. The lowest BCUT2D eigenvalue weighted by molar-refractivity contribution is -0.153. The van der Waals surface area contributed by atoms with Gasteiger partial charge in [0.15, 0.2) is 6.10 Å². The first-order chi connectivity index (χ1) is 27.0. The molecule has 1 fully saturated rings. The van der Waals surface area contributed by atoms with Crippen LogP contribution in [-0.4, -0.2) is 61.7 Å². The molecule has 2 heterocycles. The molecule has 0 spiro atoms. The Labute approximate surface area is 331 Å². The highest BCUT2D eigenvalue weighted by atomic mass is 32.2. The zero-order chi connectivity index (χ0) is 38.7. The van der Waals surface area contributed by atoms with Crippen molar-refractivity contribution >= 4 is 35.0 Å². The number of hydrazine groups is 1. The Balaban J connectivity index is 1.07. The van der Waals surface area contributed by atoms with Crippen molar-refractivity contribution in [2.75, 3.05) is 23.5 Å². The van der Waals surface area contributed by atoms with Gasteiger partial charge in [0.2, 0.25) is 5.16 Å². The van der Waals surface area contributed by atoms with Crippen LogP contribution >= 0.6 is 11.8 Å². The van der Waals surface area contributed by atoms with Crippen LogP contribution in [0.3, 0.4) is 0 Å². The Morgan fingerprint density at radius 2 is 1.49 bits per heavy atom. The Morgan fingerprint density at radius 1 is 0.818 bits per heavy atom. The van der Waals surface area contributed by atoms with Crippen LogP contribution in [-0.2, 0) is 20.8 Å². The predicted molar refractivity (Wildman–Crippen MR) is 220 cm³/mol. The molecule has 296 valence electrons. The Morgan fingerprint density at radius 3 is 2.15 bits per heavy atom. The molecule has 1 aliphatic rings. The van der Waals surface area contributed by atoms with Crippen molar-refractivity contribution in [1.82, 2.24) is 25.4 Å². The molecule has 1 aliphatic heterocycles. The van der Waals surface area contributed by atoms with Crippen molar-refractivity contribution < 1.29 is 19.2 Å².